The summed E-state index contributed by atoms with van der Waals surface area (Å²) in [5.74, 6) is 0.345. The zero-order valence-electron chi connectivity index (χ0n) is 7.54. The molecule has 0 aromatic heterocycles. The number of hydrogen-bond acceptors (Lipinski definition) is 2. The van der Waals surface area contributed by atoms with Gasteiger partial charge in [-0.1, -0.05) is 17.7 Å². The summed E-state index contributed by atoms with van der Waals surface area (Å²) in [6.45, 7) is 3.94. The van der Waals surface area contributed by atoms with E-state index in [1.807, 2.05) is 26.0 Å². The van der Waals surface area contributed by atoms with E-state index in [2.05, 4.69) is 0 Å². The van der Waals surface area contributed by atoms with Gasteiger partial charge < -0.3 is 10.8 Å². The van der Waals surface area contributed by atoms with Crippen LogP contribution in [0.1, 0.15) is 18.1 Å². The molecule has 0 heterocycles. The van der Waals surface area contributed by atoms with Crippen molar-refractivity contribution in [3.05, 3.63) is 29.3 Å². The molecule has 0 aliphatic rings. The Morgan fingerprint density at radius 3 is 2.75 bits per heavy atom. The number of benzene rings is 1. The maximum atomic E-state index is 9.43. The van der Waals surface area contributed by atoms with Crippen molar-refractivity contribution in [2.75, 3.05) is 0 Å². The Morgan fingerprint density at radius 1 is 1.50 bits per heavy atom. The topological polar surface area (TPSA) is 46.2 Å². The van der Waals surface area contributed by atoms with E-state index < -0.39 is 0 Å². The minimum atomic E-state index is 0.0951. The van der Waals surface area contributed by atoms with E-state index in [0.717, 1.165) is 17.5 Å². The molecule has 1 aromatic rings. The summed E-state index contributed by atoms with van der Waals surface area (Å²) in [5, 5.41) is 9.43. The fourth-order valence-electron chi connectivity index (χ4n) is 1.22. The molecule has 0 amide bonds. The van der Waals surface area contributed by atoms with E-state index in [0.29, 0.717) is 5.75 Å². The molecule has 0 radical (unpaired) electrons. The van der Waals surface area contributed by atoms with E-state index in [1.165, 1.54) is 0 Å². The number of phenols is 1. The quantitative estimate of drug-likeness (QED) is 0.699. The van der Waals surface area contributed by atoms with E-state index in [4.69, 9.17) is 5.73 Å². The first-order valence-electron chi connectivity index (χ1n) is 4.13. The second-order valence-corrected chi connectivity index (χ2v) is 3.31. The highest BCUT2D eigenvalue weighted by Gasteiger charge is 2.03. The minimum Gasteiger partial charge on any atom is -0.508 e. The number of aryl methyl sites for hydroxylation is 1. The lowest BCUT2D eigenvalue weighted by molar-refractivity contribution is 0.465. The summed E-state index contributed by atoms with van der Waals surface area (Å²) >= 11 is 0. The van der Waals surface area contributed by atoms with E-state index in [9.17, 15) is 5.11 Å². The summed E-state index contributed by atoms with van der Waals surface area (Å²) in [6, 6.07) is 5.67. The molecule has 0 saturated carbocycles. The lowest BCUT2D eigenvalue weighted by Crippen LogP contribution is -2.17. The Kier molecular flexibility index (Phi) is 2.71. The molecule has 0 fully saturated rings. The van der Waals surface area contributed by atoms with E-state index >= 15 is 0 Å². The van der Waals surface area contributed by atoms with Gasteiger partial charge in [0.05, 0.1) is 0 Å². The van der Waals surface area contributed by atoms with Crippen LogP contribution in [-0.2, 0) is 6.42 Å². The largest absolute Gasteiger partial charge is 0.508 e. The van der Waals surface area contributed by atoms with Gasteiger partial charge in [0.1, 0.15) is 5.75 Å². The standard InChI is InChI=1S/C10H15NO/c1-7-3-4-10(12)9(5-7)6-8(2)11/h3-5,8,12H,6,11H2,1-2H3. The van der Waals surface area contributed by atoms with Gasteiger partial charge in [-0.25, -0.2) is 0 Å². The Hall–Kier alpha value is -1.02. The van der Waals surface area contributed by atoms with Crippen LogP contribution in [0.3, 0.4) is 0 Å². The first-order chi connectivity index (χ1) is 5.59. The third kappa shape index (κ3) is 2.24. The first kappa shape index (κ1) is 9.07. The van der Waals surface area contributed by atoms with Gasteiger partial charge in [-0.2, -0.15) is 0 Å². The van der Waals surface area contributed by atoms with Crippen LogP contribution in [0.4, 0.5) is 0 Å². The van der Waals surface area contributed by atoms with Gasteiger partial charge in [0.2, 0.25) is 0 Å². The van der Waals surface area contributed by atoms with Crippen molar-refractivity contribution in [2.45, 2.75) is 26.3 Å². The average Bonchev–Trinajstić information content (AvgIpc) is 1.96. The number of phenolic OH excluding ortho intramolecular Hbond substituents is 1. The molecule has 2 heteroatoms. The highest BCUT2D eigenvalue weighted by atomic mass is 16.3. The third-order valence-electron chi connectivity index (χ3n) is 1.78. The van der Waals surface area contributed by atoms with Gasteiger partial charge in [0.15, 0.2) is 0 Å². The minimum absolute atomic E-state index is 0.0951. The number of hydrogen-bond donors (Lipinski definition) is 2. The normalized spacial score (nSPS) is 12.9. The lowest BCUT2D eigenvalue weighted by atomic mass is 10.0. The van der Waals surface area contributed by atoms with Crippen LogP contribution in [0, 0.1) is 6.92 Å². The Balaban J connectivity index is 2.90. The molecule has 1 atom stereocenters. The molecule has 0 bridgehead atoms. The smallest absolute Gasteiger partial charge is 0.118 e. The van der Waals surface area contributed by atoms with Gasteiger partial charge in [-0.15, -0.1) is 0 Å². The van der Waals surface area contributed by atoms with Crippen molar-refractivity contribution < 1.29 is 5.11 Å². The molecule has 0 spiro atoms. The van der Waals surface area contributed by atoms with Crippen LogP contribution >= 0.6 is 0 Å². The second kappa shape index (κ2) is 3.59. The van der Waals surface area contributed by atoms with Crippen LogP contribution in [0.5, 0.6) is 5.75 Å². The van der Waals surface area contributed by atoms with E-state index in [1.54, 1.807) is 6.07 Å². The van der Waals surface area contributed by atoms with Crippen LogP contribution in [-0.4, -0.2) is 11.1 Å². The van der Waals surface area contributed by atoms with Crippen molar-refractivity contribution in [1.29, 1.82) is 0 Å². The molecule has 0 aliphatic carbocycles. The molecule has 1 aromatic carbocycles. The molecule has 2 nitrogen and oxygen atoms in total. The molecule has 0 aliphatic heterocycles. The predicted molar refractivity (Wildman–Crippen MR) is 50.2 cm³/mol. The van der Waals surface area contributed by atoms with Crippen molar-refractivity contribution in [3.8, 4) is 5.75 Å². The molecule has 0 saturated heterocycles. The predicted octanol–water partition coefficient (Wildman–Crippen LogP) is 1.59. The maximum absolute atomic E-state index is 9.43. The van der Waals surface area contributed by atoms with Gasteiger partial charge in [0.25, 0.3) is 0 Å². The van der Waals surface area contributed by atoms with Crippen LogP contribution in [0.25, 0.3) is 0 Å². The molecule has 66 valence electrons. The summed E-state index contributed by atoms with van der Waals surface area (Å²) in [6.07, 6.45) is 0.730. The fraction of sp³-hybridized carbons (Fsp3) is 0.400. The fourth-order valence-corrected chi connectivity index (χ4v) is 1.22. The lowest BCUT2D eigenvalue weighted by Gasteiger charge is -2.07. The van der Waals surface area contributed by atoms with Crippen molar-refractivity contribution in [3.63, 3.8) is 0 Å². The summed E-state index contributed by atoms with van der Waals surface area (Å²) in [4.78, 5) is 0. The van der Waals surface area contributed by atoms with Gasteiger partial charge in [-0.05, 0) is 31.9 Å². The van der Waals surface area contributed by atoms with Gasteiger partial charge in [0, 0.05) is 6.04 Å². The van der Waals surface area contributed by atoms with Gasteiger partial charge >= 0.3 is 0 Å². The monoisotopic (exact) mass is 165 g/mol. The Labute approximate surface area is 73.0 Å². The molecular weight excluding hydrogens is 150 g/mol. The zero-order chi connectivity index (χ0) is 9.14. The zero-order valence-corrected chi connectivity index (χ0v) is 7.54. The first-order valence-corrected chi connectivity index (χ1v) is 4.13. The van der Waals surface area contributed by atoms with Crippen LogP contribution in [0.2, 0.25) is 0 Å². The highest BCUT2D eigenvalue weighted by Crippen LogP contribution is 2.19. The molecular formula is C10H15NO. The Bertz CT molecular complexity index is 269. The number of nitrogens with two attached hydrogens (primary N) is 1. The maximum Gasteiger partial charge on any atom is 0.118 e. The van der Waals surface area contributed by atoms with Crippen LogP contribution in [0.15, 0.2) is 18.2 Å². The summed E-state index contributed by atoms with van der Waals surface area (Å²) in [7, 11) is 0. The summed E-state index contributed by atoms with van der Waals surface area (Å²) < 4.78 is 0. The molecule has 1 rings (SSSR count). The van der Waals surface area contributed by atoms with Gasteiger partial charge in [-0.3, -0.25) is 0 Å². The highest BCUT2D eigenvalue weighted by molar-refractivity contribution is 5.36. The number of aromatic hydroxyl groups is 1. The Morgan fingerprint density at radius 2 is 2.17 bits per heavy atom. The van der Waals surface area contributed by atoms with Crippen molar-refractivity contribution in [1.82, 2.24) is 0 Å². The summed E-state index contributed by atoms with van der Waals surface area (Å²) in [5.41, 5.74) is 7.72. The van der Waals surface area contributed by atoms with E-state index in [-0.39, 0.29) is 6.04 Å². The molecule has 1 unspecified atom stereocenters. The van der Waals surface area contributed by atoms with Crippen molar-refractivity contribution in [2.24, 2.45) is 5.73 Å². The van der Waals surface area contributed by atoms with Crippen molar-refractivity contribution >= 4 is 0 Å². The SMILES string of the molecule is Cc1ccc(O)c(CC(C)N)c1. The number of rotatable bonds is 2. The molecule has 3 N–H and O–H groups in total. The average molecular weight is 165 g/mol. The van der Waals surface area contributed by atoms with Crippen LogP contribution < -0.4 is 5.73 Å². The molecule has 12 heavy (non-hydrogen) atoms. The second-order valence-electron chi connectivity index (χ2n) is 3.31. The third-order valence-corrected chi connectivity index (χ3v) is 1.78.